The predicted molar refractivity (Wildman–Crippen MR) is 125 cm³/mol. The highest BCUT2D eigenvalue weighted by atomic mass is 16.5. The number of rotatable bonds is 4. The number of ether oxygens (including phenoxy) is 1. The topological polar surface area (TPSA) is 76.8 Å². The van der Waals surface area contributed by atoms with Gasteiger partial charge in [0.15, 0.2) is 5.43 Å². The quantitative estimate of drug-likeness (QED) is 0.417. The molecule has 6 heteroatoms. The lowest BCUT2D eigenvalue weighted by Crippen LogP contribution is -2.29. The summed E-state index contributed by atoms with van der Waals surface area (Å²) in [6.07, 6.45) is 0. The van der Waals surface area contributed by atoms with E-state index in [9.17, 15) is 14.4 Å². The summed E-state index contributed by atoms with van der Waals surface area (Å²) in [6, 6.07) is 20.6. The molecule has 0 N–H and O–H groups in total. The Morgan fingerprint density at radius 1 is 0.970 bits per heavy atom. The molecule has 0 radical (unpaired) electrons. The second-order valence-electron chi connectivity index (χ2n) is 7.93. The number of carbonyl (C=O) groups excluding carboxylic acids is 2. The first-order valence-corrected chi connectivity index (χ1v) is 10.7. The van der Waals surface area contributed by atoms with Crippen LogP contribution in [0.4, 0.5) is 5.69 Å². The number of amides is 1. The number of anilines is 1. The molecule has 1 unspecified atom stereocenters. The maximum atomic E-state index is 13.6. The van der Waals surface area contributed by atoms with Crippen molar-refractivity contribution in [2.24, 2.45) is 0 Å². The zero-order valence-corrected chi connectivity index (χ0v) is 18.2. The molecule has 0 fully saturated rings. The summed E-state index contributed by atoms with van der Waals surface area (Å²) >= 11 is 0. The molecule has 1 aliphatic rings. The van der Waals surface area contributed by atoms with Gasteiger partial charge in [0.2, 0.25) is 5.76 Å². The molecule has 1 atom stereocenters. The molecule has 0 saturated carbocycles. The third kappa shape index (κ3) is 3.40. The third-order valence-electron chi connectivity index (χ3n) is 5.83. The molecule has 33 heavy (non-hydrogen) atoms. The summed E-state index contributed by atoms with van der Waals surface area (Å²) in [4.78, 5) is 40.7. The Morgan fingerprint density at radius 2 is 1.67 bits per heavy atom. The lowest BCUT2D eigenvalue weighted by Gasteiger charge is -2.25. The first-order valence-electron chi connectivity index (χ1n) is 10.7. The maximum Gasteiger partial charge on any atom is 0.338 e. The summed E-state index contributed by atoms with van der Waals surface area (Å²) in [5.74, 6) is -0.792. The fourth-order valence-corrected chi connectivity index (χ4v) is 4.22. The molecule has 4 aromatic rings. The Hall–Kier alpha value is -4.19. The SMILES string of the molecule is CCOC(=O)c1ccc(N2C(=O)c3oc4ccccc4c(=O)c3C2c2ccc(C)cc2)cc1. The van der Waals surface area contributed by atoms with Crippen LogP contribution in [0.15, 0.2) is 82.0 Å². The second-order valence-corrected chi connectivity index (χ2v) is 7.93. The van der Waals surface area contributed by atoms with Gasteiger partial charge in [0.1, 0.15) is 5.58 Å². The van der Waals surface area contributed by atoms with Crippen LogP contribution in [0, 0.1) is 6.92 Å². The molecule has 164 valence electrons. The molecule has 0 aliphatic carbocycles. The van der Waals surface area contributed by atoms with E-state index in [1.54, 1.807) is 60.4 Å². The number of benzene rings is 3. The van der Waals surface area contributed by atoms with Crippen LogP contribution in [0.3, 0.4) is 0 Å². The van der Waals surface area contributed by atoms with Crippen LogP contribution in [0.2, 0.25) is 0 Å². The van der Waals surface area contributed by atoms with Crippen LogP contribution in [0.1, 0.15) is 50.6 Å². The van der Waals surface area contributed by atoms with Crippen molar-refractivity contribution in [2.75, 3.05) is 11.5 Å². The van der Waals surface area contributed by atoms with Crippen LogP contribution in [0.25, 0.3) is 11.0 Å². The molecular weight excluding hydrogens is 418 g/mol. The van der Waals surface area contributed by atoms with Crippen molar-refractivity contribution in [1.29, 1.82) is 0 Å². The standard InChI is InChI=1S/C27H21NO5/c1-3-32-27(31)18-12-14-19(15-13-18)28-23(17-10-8-16(2)9-11-17)22-24(29)20-6-4-5-7-21(20)33-25(22)26(28)30/h4-15,23H,3H2,1-2H3. The summed E-state index contributed by atoms with van der Waals surface area (Å²) in [5.41, 5.74) is 3.26. The fourth-order valence-electron chi connectivity index (χ4n) is 4.22. The van der Waals surface area contributed by atoms with E-state index in [2.05, 4.69) is 0 Å². The highest BCUT2D eigenvalue weighted by molar-refractivity contribution is 6.10. The summed E-state index contributed by atoms with van der Waals surface area (Å²) in [6.45, 7) is 4.00. The number of hydrogen-bond donors (Lipinski definition) is 0. The minimum atomic E-state index is -0.651. The molecule has 3 aromatic carbocycles. The van der Waals surface area contributed by atoms with Gasteiger partial charge in [0.25, 0.3) is 5.91 Å². The first kappa shape index (κ1) is 20.7. The molecule has 1 aliphatic heterocycles. The van der Waals surface area contributed by atoms with Crippen molar-refractivity contribution in [3.05, 3.63) is 111 Å². The number of para-hydroxylation sites is 1. The number of esters is 1. The maximum absolute atomic E-state index is 13.6. The largest absolute Gasteiger partial charge is 0.462 e. The molecule has 0 saturated heterocycles. The van der Waals surface area contributed by atoms with Crippen LogP contribution in [0.5, 0.6) is 0 Å². The van der Waals surface area contributed by atoms with Gasteiger partial charge in [-0.25, -0.2) is 4.79 Å². The van der Waals surface area contributed by atoms with E-state index in [-0.39, 0.29) is 17.8 Å². The molecule has 0 spiro atoms. The van der Waals surface area contributed by atoms with E-state index < -0.39 is 17.9 Å². The monoisotopic (exact) mass is 439 g/mol. The molecule has 0 bridgehead atoms. The van der Waals surface area contributed by atoms with Gasteiger partial charge in [-0.1, -0.05) is 42.0 Å². The molecule has 2 heterocycles. The number of fused-ring (bicyclic) bond motifs is 2. The van der Waals surface area contributed by atoms with Gasteiger partial charge >= 0.3 is 5.97 Å². The Balaban J connectivity index is 1.69. The van der Waals surface area contributed by atoms with Crippen molar-refractivity contribution in [3.8, 4) is 0 Å². The van der Waals surface area contributed by atoms with Crippen LogP contribution in [-0.2, 0) is 4.74 Å². The van der Waals surface area contributed by atoms with Gasteiger partial charge in [-0.05, 0) is 55.8 Å². The number of hydrogen-bond acceptors (Lipinski definition) is 5. The first-order chi connectivity index (χ1) is 16.0. The van der Waals surface area contributed by atoms with E-state index in [0.717, 1.165) is 11.1 Å². The average molecular weight is 439 g/mol. The van der Waals surface area contributed by atoms with Gasteiger partial charge in [0.05, 0.1) is 29.2 Å². The van der Waals surface area contributed by atoms with E-state index in [1.165, 1.54) is 0 Å². The van der Waals surface area contributed by atoms with Gasteiger partial charge in [-0.2, -0.15) is 0 Å². The minimum absolute atomic E-state index is 0.0405. The highest BCUT2D eigenvalue weighted by Crippen LogP contribution is 2.41. The minimum Gasteiger partial charge on any atom is -0.462 e. The second kappa shape index (κ2) is 8.06. The third-order valence-corrected chi connectivity index (χ3v) is 5.83. The highest BCUT2D eigenvalue weighted by Gasteiger charge is 2.43. The lowest BCUT2D eigenvalue weighted by molar-refractivity contribution is 0.0526. The van der Waals surface area contributed by atoms with E-state index >= 15 is 0 Å². The average Bonchev–Trinajstić information content (AvgIpc) is 3.12. The number of carbonyl (C=O) groups is 2. The van der Waals surface area contributed by atoms with E-state index in [0.29, 0.717) is 27.8 Å². The van der Waals surface area contributed by atoms with Crippen molar-refractivity contribution < 1.29 is 18.7 Å². The van der Waals surface area contributed by atoms with E-state index in [4.69, 9.17) is 9.15 Å². The van der Waals surface area contributed by atoms with Gasteiger partial charge in [0, 0.05) is 5.69 Å². The van der Waals surface area contributed by atoms with Gasteiger partial charge < -0.3 is 9.15 Å². The molecule has 1 amide bonds. The Kier molecular flexibility index (Phi) is 5.05. The fraction of sp³-hybridized carbons (Fsp3) is 0.148. The van der Waals surface area contributed by atoms with Crippen LogP contribution < -0.4 is 10.3 Å². The predicted octanol–water partition coefficient (Wildman–Crippen LogP) is 5.03. The summed E-state index contributed by atoms with van der Waals surface area (Å²) < 4.78 is 11.0. The molecular formula is C27H21NO5. The van der Waals surface area contributed by atoms with Gasteiger partial charge in [-0.3, -0.25) is 14.5 Å². The van der Waals surface area contributed by atoms with Crippen LogP contribution >= 0.6 is 0 Å². The normalized spacial score (nSPS) is 15.0. The van der Waals surface area contributed by atoms with Crippen molar-refractivity contribution in [1.82, 2.24) is 0 Å². The lowest BCUT2D eigenvalue weighted by atomic mass is 9.97. The molecule has 1 aromatic heterocycles. The molecule has 6 nitrogen and oxygen atoms in total. The van der Waals surface area contributed by atoms with Crippen molar-refractivity contribution in [3.63, 3.8) is 0 Å². The Labute approximate surface area is 190 Å². The van der Waals surface area contributed by atoms with Gasteiger partial charge in [-0.15, -0.1) is 0 Å². The van der Waals surface area contributed by atoms with E-state index in [1.807, 2.05) is 31.2 Å². The molecule has 5 rings (SSSR count). The number of aryl methyl sites for hydroxylation is 1. The zero-order chi connectivity index (χ0) is 23.1. The summed E-state index contributed by atoms with van der Waals surface area (Å²) in [7, 11) is 0. The van der Waals surface area contributed by atoms with Crippen molar-refractivity contribution >= 4 is 28.5 Å². The Bertz CT molecular complexity index is 1430. The van der Waals surface area contributed by atoms with Crippen LogP contribution in [-0.4, -0.2) is 18.5 Å². The zero-order valence-electron chi connectivity index (χ0n) is 18.2. The smallest absolute Gasteiger partial charge is 0.338 e. The van der Waals surface area contributed by atoms with Crippen molar-refractivity contribution in [2.45, 2.75) is 19.9 Å². The Morgan fingerprint density at radius 3 is 2.36 bits per heavy atom. The summed E-state index contributed by atoms with van der Waals surface area (Å²) in [5, 5.41) is 0.431. The number of nitrogens with zero attached hydrogens (tertiary/aromatic N) is 1.